The molecule has 0 bridgehead atoms. The Morgan fingerprint density at radius 3 is 2.59 bits per heavy atom. The Hall–Kier alpha value is -3.47. The number of amides is 1. The molecule has 1 heterocycles. The van der Waals surface area contributed by atoms with Crippen molar-refractivity contribution >= 4 is 17.6 Å². The van der Waals surface area contributed by atoms with Crippen molar-refractivity contribution in [2.75, 3.05) is 5.32 Å². The van der Waals surface area contributed by atoms with E-state index >= 15 is 0 Å². The first-order valence-electron chi connectivity index (χ1n) is 8.76. The molecule has 27 heavy (non-hydrogen) atoms. The maximum Gasteiger partial charge on any atom is 0.257 e. The molecule has 0 unspecified atom stereocenters. The SMILES string of the molecule is Cc1ccc(C)c(NC(=NCc2cccnc2)NC(=O)c2ccccc2)c1. The quantitative estimate of drug-likeness (QED) is 0.545. The van der Waals surface area contributed by atoms with Gasteiger partial charge in [-0.3, -0.25) is 15.1 Å². The van der Waals surface area contributed by atoms with Crippen LogP contribution < -0.4 is 10.6 Å². The van der Waals surface area contributed by atoms with Crippen molar-refractivity contribution in [2.24, 2.45) is 4.99 Å². The maximum absolute atomic E-state index is 12.6. The fourth-order valence-electron chi connectivity index (χ4n) is 2.54. The summed E-state index contributed by atoms with van der Waals surface area (Å²) in [5, 5.41) is 6.13. The van der Waals surface area contributed by atoms with Crippen LogP contribution in [0.15, 0.2) is 78.0 Å². The van der Waals surface area contributed by atoms with Gasteiger partial charge in [-0.05, 0) is 54.8 Å². The van der Waals surface area contributed by atoms with Gasteiger partial charge in [-0.25, -0.2) is 4.99 Å². The molecule has 3 aromatic rings. The summed E-state index contributed by atoms with van der Waals surface area (Å²) in [5.41, 5.74) is 4.65. The van der Waals surface area contributed by atoms with E-state index in [4.69, 9.17) is 0 Å². The predicted molar refractivity (Wildman–Crippen MR) is 109 cm³/mol. The zero-order valence-corrected chi connectivity index (χ0v) is 15.4. The summed E-state index contributed by atoms with van der Waals surface area (Å²) >= 11 is 0. The molecule has 3 rings (SSSR count). The number of carbonyl (C=O) groups is 1. The second kappa shape index (κ2) is 8.76. The third kappa shape index (κ3) is 5.25. The van der Waals surface area contributed by atoms with E-state index in [1.165, 1.54) is 0 Å². The summed E-state index contributed by atoms with van der Waals surface area (Å²) in [6, 6.07) is 19.0. The fourth-order valence-corrected chi connectivity index (χ4v) is 2.54. The summed E-state index contributed by atoms with van der Waals surface area (Å²) < 4.78 is 0. The Labute approximate surface area is 159 Å². The van der Waals surface area contributed by atoms with Gasteiger partial charge in [-0.15, -0.1) is 0 Å². The lowest BCUT2D eigenvalue weighted by molar-refractivity contribution is 0.0977. The normalized spacial score (nSPS) is 11.1. The number of benzene rings is 2. The van der Waals surface area contributed by atoms with Gasteiger partial charge in [0.25, 0.3) is 5.91 Å². The summed E-state index contributed by atoms with van der Waals surface area (Å²) in [5.74, 6) is 0.194. The number of carbonyl (C=O) groups excluding carboxylic acids is 1. The first-order chi connectivity index (χ1) is 13.1. The number of aromatic nitrogens is 1. The monoisotopic (exact) mass is 358 g/mol. The lowest BCUT2D eigenvalue weighted by atomic mass is 10.1. The average molecular weight is 358 g/mol. The highest BCUT2D eigenvalue weighted by atomic mass is 16.1. The van der Waals surface area contributed by atoms with Crippen molar-refractivity contribution in [3.05, 3.63) is 95.3 Å². The van der Waals surface area contributed by atoms with Crippen molar-refractivity contribution in [1.29, 1.82) is 0 Å². The van der Waals surface area contributed by atoms with Crippen LogP contribution in [0.5, 0.6) is 0 Å². The summed E-state index contributed by atoms with van der Waals surface area (Å²) in [7, 11) is 0. The molecule has 136 valence electrons. The van der Waals surface area contributed by atoms with Crippen molar-refractivity contribution in [1.82, 2.24) is 10.3 Å². The molecule has 0 spiro atoms. The number of pyridine rings is 1. The van der Waals surface area contributed by atoms with Crippen LogP contribution in [-0.4, -0.2) is 16.9 Å². The fraction of sp³-hybridized carbons (Fsp3) is 0.136. The minimum absolute atomic E-state index is 0.210. The van der Waals surface area contributed by atoms with Crippen LogP contribution in [0.2, 0.25) is 0 Å². The highest BCUT2D eigenvalue weighted by Crippen LogP contribution is 2.16. The van der Waals surface area contributed by atoms with Crippen LogP contribution in [0.25, 0.3) is 0 Å². The molecule has 2 N–H and O–H groups in total. The van der Waals surface area contributed by atoms with Crippen LogP contribution >= 0.6 is 0 Å². The highest BCUT2D eigenvalue weighted by Gasteiger charge is 2.10. The maximum atomic E-state index is 12.6. The highest BCUT2D eigenvalue weighted by molar-refractivity contribution is 6.10. The number of nitrogens with zero attached hydrogens (tertiary/aromatic N) is 2. The number of rotatable bonds is 4. The van der Waals surface area contributed by atoms with Gasteiger partial charge in [0.2, 0.25) is 5.96 Å². The Morgan fingerprint density at radius 1 is 1.04 bits per heavy atom. The second-order valence-corrected chi connectivity index (χ2v) is 6.29. The van der Waals surface area contributed by atoms with E-state index in [9.17, 15) is 4.79 Å². The molecule has 0 atom stereocenters. The summed E-state index contributed by atoms with van der Waals surface area (Å²) in [4.78, 5) is 21.2. The van der Waals surface area contributed by atoms with E-state index in [1.807, 2.05) is 56.3 Å². The van der Waals surface area contributed by atoms with Crippen LogP contribution in [0.4, 0.5) is 5.69 Å². The molecule has 1 amide bonds. The van der Waals surface area contributed by atoms with E-state index in [2.05, 4.69) is 26.7 Å². The van der Waals surface area contributed by atoms with E-state index in [1.54, 1.807) is 24.5 Å². The largest absolute Gasteiger partial charge is 0.326 e. The van der Waals surface area contributed by atoms with Crippen molar-refractivity contribution in [2.45, 2.75) is 20.4 Å². The van der Waals surface area contributed by atoms with Gasteiger partial charge in [0.1, 0.15) is 0 Å². The van der Waals surface area contributed by atoms with Gasteiger partial charge in [0, 0.05) is 23.6 Å². The number of aryl methyl sites for hydroxylation is 2. The third-order valence-electron chi connectivity index (χ3n) is 4.06. The standard InChI is InChI=1S/C22H22N4O/c1-16-10-11-17(2)20(13-16)25-22(24-15-18-7-6-12-23-14-18)26-21(27)19-8-4-3-5-9-19/h3-14H,15H2,1-2H3,(H2,24,25,26,27). The van der Waals surface area contributed by atoms with E-state index in [0.717, 1.165) is 22.4 Å². The molecule has 0 fully saturated rings. The molecular formula is C22H22N4O. The number of hydrogen-bond acceptors (Lipinski definition) is 3. The van der Waals surface area contributed by atoms with Gasteiger partial charge in [0.05, 0.1) is 6.54 Å². The molecule has 0 saturated carbocycles. The molecule has 5 nitrogen and oxygen atoms in total. The number of anilines is 1. The van der Waals surface area contributed by atoms with Gasteiger partial charge in [-0.1, -0.05) is 36.4 Å². The average Bonchev–Trinajstić information content (AvgIpc) is 2.70. The molecular weight excluding hydrogens is 336 g/mol. The Kier molecular flexibility index (Phi) is 5.94. The first-order valence-corrected chi connectivity index (χ1v) is 8.76. The molecule has 2 aromatic carbocycles. The molecule has 0 radical (unpaired) electrons. The topological polar surface area (TPSA) is 66.4 Å². The summed E-state index contributed by atoms with van der Waals surface area (Å²) in [6.45, 7) is 4.45. The Morgan fingerprint density at radius 2 is 1.85 bits per heavy atom. The van der Waals surface area contributed by atoms with Crippen molar-refractivity contribution in [3.8, 4) is 0 Å². The Bertz CT molecular complexity index is 937. The molecule has 5 heteroatoms. The number of nitrogens with one attached hydrogen (secondary N) is 2. The zero-order valence-electron chi connectivity index (χ0n) is 15.4. The first kappa shape index (κ1) is 18.3. The van der Waals surface area contributed by atoms with E-state index < -0.39 is 0 Å². The van der Waals surface area contributed by atoms with E-state index in [0.29, 0.717) is 18.1 Å². The van der Waals surface area contributed by atoms with Crippen molar-refractivity contribution < 1.29 is 4.79 Å². The summed E-state index contributed by atoms with van der Waals surface area (Å²) in [6.07, 6.45) is 3.48. The molecule has 0 saturated heterocycles. The number of guanidine groups is 1. The third-order valence-corrected chi connectivity index (χ3v) is 4.06. The van der Waals surface area contributed by atoms with Gasteiger partial charge in [0.15, 0.2) is 0 Å². The minimum Gasteiger partial charge on any atom is -0.326 e. The van der Waals surface area contributed by atoms with Crippen LogP contribution in [-0.2, 0) is 6.54 Å². The lowest BCUT2D eigenvalue weighted by Gasteiger charge is -2.14. The van der Waals surface area contributed by atoms with E-state index in [-0.39, 0.29) is 5.91 Å². The second-order valence-electron chi connectivity index (χ2n) is 6.29. The van der Waals surface area contributed by atoms with Crippen LogP contribution in [0.3, 0.4) is 0 Å². The smallest absolute Gasteiger partial charge is 0.257 e. The molecule has 0 aliphatic rings. The minimum atomic E-state index is -0.210. The number of hydrogen-bond donors (Lipinski definition) is 2. The van der Waals surface area contributed by atoms with Gasteiger partial charge >= 0.3 is 0 Å². The van der Waals surface area contributed by atoms with Gasteiger partial charge in [-0.2, -0.15) is 0 Å². The number of aliphatic imine (C=N–C) groups is 1. The lowest BCUT2D eigenvalue weighted by Crippen LogP contribution is -2.36. The zero-order chi connectivity index (χ0) is 19.1. The van der Waals surface area contributed by atoms with Crippen molar-refractivity contribution in [3.63, 3.8) is 0 Å². The Balaban J connectivity index is 1.83. The molecule has 0 aliphatic carbocycles. The van der Waals surface area contributed by atoms with Gasteiger partial charge < -0.3 is 5.32 Å². The predicted octanol–water partition coefficient (Wildman–Crippen LogP) is 4.10. The molecule has 1 aromatic heterocycles. The van der Waals surface area contributed by atoms with Crippen LogP contribution in [0.1, 0.15) is 27.0 Å². The molecule has 0 aliphatic heterocycles. The van der Waals surface area contributed by atoms with Crippen LogP contribution in [0, 0.1) is 13.8 Å².